The maximum absolute atomic E-state index is 12.3. The number of nitrogens with zero attached hydrogens (tertiary/aromatic N) is 1. The lowest BCUT2D eigenvalue weighted by atomic mass is 10.2. The molecule has 0 bridgehead atoms. The highest BCUT2D eigenvalue weighted by molar-refractivity contribution is 7.99. The average molecular weight is 502 g/mol. The predicted molar refractivity (Wildman–Crippen MR) is 130 cm³/mol. The third-order valence-corrected chi connectivity index (χ3v) is 7.16. The number of hydrogen-bond acceptors (Lipinski definition) is 7. The summed E-state index contributed by atoms with van der Waals surface area (Å²) in [5.74, 6) is 0.341. The molecule has 0 spiro atoms. The molecule has 0 fully saturated rings. The number of rotatable bonds is 11. The molecule has 11 heteroatoms. The first kappa shape index (κ1) is 25.2. The first-order valence-electron chi connectivity index (χ1n) is 10.2. The molecule has 0 aliphatic heterocycles. The molecule has 0 saturated heterocycles. The monoisotopic (exact) mass is 501 g/mol. The van der Waals surface area contributed by atoms with Gasteiger partial charge < -0.3 is 10.1 Å². The van der Waals surface area contributed by atoms with Gasteiger partial charge in [0.05, 0.1) is 16.9 Å². The first-order valence-corrected chi connectivity index (χ1v) is 12.5. The van der Waals surface area contributed by atoms with Crippen molar-refractivity contribution in [1.82, 2.24) is 4.72 Å². The second-order valence-corrected chi connectivity index (χ2v) is 10.0. The molecule has 3 aromatic rings. The Hall–Kier alpha value is -3.41. The summed E-state index contributed by atoms with van der Waals surface area (Å²) in [6, 6.07) is 19.5. The fourth-order valence-electron chi connectivity index (χ4n) is 2.90. The van der Waals surface area contributed by atoms with Crippen molar-refractivity contribution in [2.24, 2.45) is 0 Å². The molecule has 0 aromatic heterocycles. The van der Waals surface area contributed by atoms with Gasteiger partial charge in [-0.05, 0) is 67.1 Å². The third-order valence-electron chi connectivity index (χ3n) is 4.66. The van der Waals surface area contributed by atoms with Crippen LogP contribution in [-0.2, 0) is 14.8 Å². The molecule has 0 saturated carbocycles. The standard InChI is InChI=1S/C23H23N3O6S2/c1-32-19-8-14-22(15-9-19)34(30,31)24-16-2-3-23(27)25-17-4-10-20(11-5-17)33-21-12-6-18(7-13-21)26(28)29/h4-15,24H,2-3,16H2,1H3,(H,25,27). The van der Waals surface area contributed by atoms with Gasteiger partial charge in [-0.1, -0.05) is 11.8 Å². The van der Waals surface area contributed by atoms with Gasteiger partial charge in [0.1, 0.15) is 5.75 Å². The molecule has 3 aromatic carbocycles. The van der Waals surface area contributed by atoms with Crippen LogP contribution in [0.5, 0.6) is 5.75 Å². The minimum atomic E-state index is -3.65. The van der Waals surface area contributed by atoms with E-state index in [1.807, 2.05) is 12.1 Å². The first-order chi connectivity index (χ1) is 16.3. The number of hydrogen-bond donors (Lipinski definition) is 2. The fourth-order valence-corrected chi connectivity index (χ4v) is 4.79. The van der Waals surface area contributed by atoms with Gasteiger partial charge in [-0.15, -0.1) is 0 Å². The van der Waals surface area contributed by atoms with E-state index in [1.54, 1.807) is 36.4 Å². The van der Waals surface area contributed by atoms with E-state index in [1.165, 1.54) is 43.1 Å². The normalized spacial score (nSPS) is 11.1. The Balaban J connectivity index is 1.42. The van der Waals surface area contributed by atoms with E-state index in [4.69, 9.17) is 4.74 Å². The van der Waals surface area contributed by atoms with Crippen molar-refractivity contribution in [3.8, 4) is 5.75 Å². The molecule has 3 rings (SSSR count). The molecule has 0 atom stereocenters. The summed E-state index contributed by atoms with van der Waals surface area (Å²) in [4.78, 5) is 24.4. The number of amides is 1. The largest absolute Gasteiger partial charge is 0.497 e. The molecule has 0 radical (unpaired) electrons. The SMILES string of the molecule is COc1ccc(S(=O)(=O)NCCCC(=O)Nc2ccc(Sc3ccc([N+](=O)[O-])cc3)cc2)cc1. The van der Waals surface area contributed by atoms with Crippen molar-refractivity contribution in [3.05, 3.63) is 82.9 Å². The molecule has 9 nitrogen and oxygen atoms in total. The zero-order valence-electron chi connectivity index (χ0n) is 18.3. The van der Waals surface area contributed by atoms with Crippen LogP contribution in [0.1, 0.15) is 12.8 Å². The summed E-state index contributed by atoms with van der Waals surface area (Å²) in [7, 11) is -2.15. The lowest BCUT2D eigenvalue weighted by Gasteiger charge is -2.09. The number of nitro groups is 1. The highest BCUT2D eigenvalue weighted by atomic mass is 32.2. The van der Waals surface area contributed by atoms with E-state index in [2.05, 4.69) is 10.0 Å². The maximum atomic E-state index is 12.3. The van der Waals surface area contributed by atoms with Gasteiger partial charge in [0.2, 0.25) is 15.9 Å². The van der Waals surface area contributed by atoms with Crippen molar-refractivity contribution in [2.75, 3.05) is 19.0 Å². The molecule has 0 heterocycles. The smallest absolute Gasteiger partial charge is 0.269 e. The van der Waals surface area contributed by atoms with Crippen LogP contribution < -0.4 is 14.8 Å². The molecule has 0 aliphatic rings. The topological polar surface area (TPSA) is 128 Å². The van der Waals surface area contributed by atoms with Gasteiger partial charge in [-0.2, -0.15) is 0 Å². The number of carbonyl (C=O) groups excluding carboxylic acids is 1. The molecule has 178 valence electrons. The summed E-state index contributed by atoms with van der Waals surface area (Å²) in [6.07, 6.45) is 0.500. The van der Waals surface area contributed by atoms with Crippen LogP contribution >= 0.6 is 11.8 Å². The lowest BCUT2D eigenvalue weighted by molar-refractivity contribution is -0.384. The van der Waals surface area contributed by atoms with Crippen molar-refractivity contribution >= 4 is 39.1 Å². The second-order valence-electron chi connectivity index (χ2n) is 7.10. The van der Waals surface area contributed by atoms with Crippen molar-refractivity contribution < 1.29 is 22.9 Å². The Bertz CT molecular complexity index is 1230. The number of nitro benzene ring substituents is 1. The van der Waals surface area contributed by atoms with Gasteiger partial charge in [-0.3, -0.25) is 14.9 Å². The van der Waals surface area contributed by atoms with E-state index >= 15 is 0 Å². The number of carbonyl (C=O) groups is 1. The van der Waals surface area contributed by atoms with Gasteiger partial charge in [0.15, 0.2) is 0 Å². The fraction of sp³-hybridized carbons (Fsp3) is 0.174. The van der Waals surface area contributed by atoms with E-state index in [0.717, 1.165) is 9.79 Å². The number of methoxy groups -OCH3 is 1. The number of nitrogens with one attached hydrogen (secondary N) is 2. The van der Waals surface area contributed by atoms with Crippen LogP contribution in [0, 0.1) is 10.1 Å². The highest BCUT2D eigenvalue weighted by Gasteiger charge is 2.13. The number of anilines is 1. The molecular weight excluding hydrogens is 478 g/mol. The van der Waals surface area contributed by atoms with Gasteiger partial charge in [0, 0.05) is 40.6 Å². The summed E-state index contributed by atoms with van der Waals surface area (Å²) < 4.78 is 32.1. The highest BCUT2D eigenvalue weighted by Crippen LogP contribution is 2.29. The minimum Gasteiger partial charge on any atom is -0.497 e. The Labute approximate surface area is 201 Å². The number of ether oxygens (including phenoxy) is 1. The third kappa shape index (κ3) is 7.30. The van der Waals surface area contributed by atoms with Crippen LogP contribution in [0.15, 0.2) is 87.5 Å². The van der Waals surface area contributed by atoms with Crippen LogP contribution in [0.3, 0.4) is 0 Å². The minimum absolute atomic E-state index is 0.0379. The van der Waals surface area contributed by atoms with Gasteiger partial charge >= 0.3 is 0 Å². The maximum Gasteiger partial charge on any atom is 0.269 e. The second kappa shape index (κ2) is 11.6. The molecule has 0 aliphatic carbocycles. The van der Waals surface area contributed by atoms with Crippen molar-refractivity contribution in [1.29, 1.82) is 0 Å². The Kier molecular flexibility index (Phi) is 8.63. The van der Waals surface area contributed by atoms with Crippen molar-refractivity contribution in [2.45, 2.75) is 27.5 Å². The van der Waals surface area contributed by atoms with Gasteiger partial charge in [0.25, 0.3) is 5.69 Å². The zero-order chi connectivity index (χ0) is 24.6. The van der Waals surface area contributed by atoms with Crippen molar-refractivity contribution in [3.63, 3.8) is 0 Å². The average Bonchev–Trinajstić information content (AvgIpc) is 2.83. The summed E-state index contributed by atoms with van der Waals surface area (Å²) in [6.45, 7) is 0.132. The molecule has 1 amide bonds. The molecule has 2 N–H and O–H groups in total. The van der Waals surface area contributed by atoms with Crippen LogP contribution in [0.2, 0.25) is 0 Å². The van der Waals surface area contributed by atoms with Gasteiger partial charge in [-0.25, -0.2) is 13.1 Å². The summed E-state index contributed by atoms with van der Waals surface area (Å²) in [5, 5.41) is 13.5. The number of benzene rings is 3. The molecule has 34 heavy (non-hydrogen) atoms. The number of non-ortho nitro benzene ring substituents is 1. The Morgan fingerprint density at radius 2 is 1.56 bits per heavy atom. The summed E-state index contributed by atoms with van der Waals surface area (Å²) >= 11 is 1.45. The van der Waals surface area contributed by atoms with E-state index in [-0.39, 0.29) is 29.5 Å². The van der Waals surface area contributed by atoms with E-state index in [0.29, 0.717) is 17.9 Å². The lowest BCUT2D eigenvalue weighted by Crippen LogP contribution is -2.25. The molecule has 0 unspecified atom stereocenters. The molecular formula is C23H23N3O6S2. The quantitative estimate of drug-likeness (QED) is 0.226. The summed E-state index contributed by atoms with van der Waals surface area (Å²) in [5.41, 5.74) is 0.660. The van der Waals surface area contributed by atoms with Crippen LogP contribution in [-0.4, -0.2) is 32.9 Å². The number of sulfonamides is 1. The van der Waals surface area contributed by atoms with E-state index < -0.39 is 14.9 Å². The zero-order valence-corrected chi connectivity index (χ0v) is 19.9. The van der Waals surface area contributed by atoms with E-state index in [9.17, 15) is 23.3 Å². The van der Waals surface area contributed by atoms with Crippen LogP contribution in [0.4, 0.5) is 11.4 Å². The predicted octanol–water partition coefficient (Wildman–Crippen LogP) is 4.45. The Morgan fingerprint density at radius 3 is 2.12 bits per heavy atom. The Morgan fingerprint density at radius 1 is 0.971 bits per heavy atom. The van der Waals surface area contributed by atoms with Crippen LogP contribution in [0.25, 0.3) is 0 Å².